The summed E-state index contributed by atoms with van der Waals surface area (Å²) in [5.74, 6) is 0.0409. The van der Waals surface area contributed by atoms with Crippen molar-refractivity contribution in [2.75, 3.05) is 20.1 Å². The molecule has 0 aliphatic carbocycles. The van der Waals surface area contributed by atoms with Gasteiger partial charge in [-0.2, -0.15) is 0 Å². The van der Waals surface area contributed by atoms with Gasteiger partial charge in [-0.1, -0.05) is 78.7 Å². The van der Waals surface area contributed by atoms with E-state index in [4.69, 9.17) is 0 Å². The molecule has 0 aromatic heterocycles. The molecule has 1 saturated heterocycles. The molecule has 1 amide bonds. The average molecular weight is 463 g/mol. The Bertz CT molecular complexity index is 1300. The van der Waals surface area contributed by atoms with E-state index in [2.05, 4.69) is 72.5 Å². The van der Waals surface area contributed by atoms with Crippen molar-refractivity contribution in [3.05, 3.63) is 107 Å². The van der Waals surface area contributed by atoms with Crippen LogP contribution in [-0.2, 0) is 13.1 Å². The highest BCUT2D eigenvalue weighted by Crippen LogP contribution is 2.24. The number of rotatable bonds is 6. The van der Waals surface area contributed by atoms with Gasteiger partial charge in [-0.25, -0.2) is 0 Å². The van der Waals surface area contributed by atoms with Gasteiger partial charge in [-0.3, -0.25) is 9.69 Å². The Kier molecular flexibility index (Phi) is 6.96. The van der Waals surface area contributed by atoms with Crippen molar-refractivity contribution in [3.8, 4) is 11.1 Å². The zero-order chi connectivity index (χ0) is 24.2. The fourth-order valence-corrected chi connectivity index (χ4v) is 5.11. The van der Waals surface area contributed by atoms with Gasteiger partial charge in [0.15, 0.2) is 0 Å². The summed E-state index contributed by atoms with van der Waals surface area (Å²) >= 11 is 0. The lowest BCUT2D eigenvalue weighted by Crippen LogP contribution is -2.29. The van der Waals surface area contributed by atoms with Gasteiger partial charge in [0.1, 0.15) is 0 Å². The molecule has 178 valence electrons. The predicted octanol–water partition coefficient (Wildman–Crippen LogP) is 7.07. The molecule has 1 heterocycles. The molecule has 3 nitrogen and oxygen atoms in total. The molecule has 0 bridgehead atoms. The summed E-state index contributed by atoms with van der Waals surface area (Å²) in [6, 6.07) is 29.6. The summed E-state index contributed by atoms with van der Waals surface area (Å²) in [5, 5.41) is 2.48. The topological polar surface area (TPSA) is 23.6 Å². The third-order valence-electron chi connectivity index (χ3n) is 7.16. The Balaban J connectivity index is 1.29. The van der Waals surface area contributed by atoms with Crippen LogP contribution >= 0.6 is 0 Å². The second kappa shape index (κ2) is 10.5. The number of carbonyl (C=O) groups is 1. The van der Waals surface area contributed by atoms with Crippen molar-refractivity contribution in [1.29, 1.82) is 0 Å². The summed E-state index contributed by atoms with van der Waals surface area (Å²) in [6.45, 7) is 6.11. The van der Waals surface area contributed by atoms with Crippen molar-refractivity contribution in [3.63, 3.8) is 0 Å². The van der Waals surface area contributed by atoms with Crippen molar-refractivity contribution in [2.45, 2.75) is 39.3 Å². The van der Waals surface area contributed by atoms with Crippen LogP contribution in [0.3, 0.4) is 0 Å². The molecule has 5 rings (SSSR count). The van der Waals surface area contributed by atoms with Gasteiger partial charge in [0.25, 0.3) is 5.91 Å². The van der Waals surface area contributed by atoms with Gasteiger partial charge in [-0.05, 0) is 84.1 Å². The minimum Gasteiger partial charge on any atom is -0.337 e. The molecule has 1 aliphatic rings. The maximum absolute atomic E-state index is 13.2. The number of aryl methyl sites for hydroxylation is 1. The second-order valence-electron chi connectivity index (χ2n) is 9.91. The van der Waals surface area contributed by atoms with Gasteiger partial charge in [0.2, 0.25) is 0 Å². The Morgan fingerprint density at radius 1 is 0.829 bits per heavy atom. The number of likely N-dealkylation sites (tertiary alicyclic amines) is 1. The van der Waals surface area contributed by atoms with Gasteiger partial charge >= 0.3 is 0 Å². The smallest absolute Gasteiger partial charge is 0.253 e. The number of carbonyl (C=O) groups excluding carboxylic acids is 1. The SMILES string of the molecule is Cc1ccc(-c2ccc(C(=O)N(C)Cc3cccc4cc(CN5CCCCC5)ccc34)cc2)cc1. The van der Waals surface area contributed by atoms with E-state index in [1.807, 2.05) is 36.2 Å². The van der Waals surface area contributed by atoms with Crippen LogP contribution in [0.5, 0.6) is 0 Å². The van der Waals surface area contributed by atoms with E-state index in [0.717, 1.165) is 12.1 Å². The average Bonchev–Trinajstić information content (AvgIpc) is 2.89. The molecule has 0 saturated carbocycles. The van der Waals surface area contributed by atoms with Crippen LogP contribution in [-0.4, -0.2) is 35.8 Å². The zero-order valence-electron chi connectivity index (χ0n) is 20.8. The van der Waals surface area contributed by atoms with Crippen molar-refractivity contribution < 1.29 is 4.79 Å². The first-order valence-electron chi connectivity index (χ1n) is 12.7. The van der Waals surface area contributed by atoms with Crippen molar-refractivity contribution >= 4 is 16.7 Å². The number of amides is 1. The first kappa shape index (κ1) is 23.3. The number of nitrogens with zero attached hydrogens (tertiary/aromatic N) is 2. The molecule has 35 heavy (non-hydrogen) atoms. The number of fused-ring (bicyclic) bond motifs is 1. The highest BCUT2D eigenvalue weighted by Gasteiger charge is 2.15. The Morgan fingerprint density at radius 3 is 2.23 bits per heavy atom. The van der Waals surface area contributed by atoms with Crippen LogP contribution in [0.15, 0.2) is 84.9 Å². The monoisotopic (exact) mass is 462 g/mol. The summed E-state index contributed by atoms with van der Waals surface area (Å²) in [7, 11) is 1.89. The number of piperidine rings is 1. The molecule has 1 aliphatic heterocycles. The Hall–Kier alpha value is -3.43. The molecule has 0 N–H and O–H groups in total. The van der Waals surface area contributed by atoms with Crippen LogP contribution in [0.2, 0.25) is 0 Å². The molecule has 3 heteroatoms. The molecule has 0 unspecified atom stereocenters. The van der Waals surface area contributed by atoms with E-state index in [9.17, 15) is 4.79 Å². The molecular weight excluding hydrogens is 428 g/mol. The van der Waals surface area contributed by atoms with Gasteiger partial charge in [-0.15, -0.1) is 0 Å². The molecule has 0 spiro atoms. The number of benzene rings is 4. The Morgan fingerprint density at radius 2 is 1.51 bits per heavy atom. The predicted molar refractivity (Wildman–Crippen MR) is 145 cm³/mol. The molecule has 4 aromatic carbocycles. The number of hydrogen-bond acceptors (Lipinski definition) is 2. The fourth-order valence-electron chi connectivity index (χ4n) is 5.11. The minimum absolute atomic E-state index is 0.0409. The molecule has 0 atom stereocenters. The fraction of sp³-hybridized carbons (Fsp3) is 0.281. The summed E-state index contributed by atoms with van der Waals surface area (Å²) in [6.07, 6.45) is 3.99. The van der Waals surface area contributed by atoms with Gasteiger partial charge in [0.05, 0.1) is 0 Å². The number of hydrogen-bond donors (Lipinski definition) is 0. The first-order chi connectivity index (χ1) is 17.1. The minimum atomic E-state index is 0.0409. The van der Waals surface area contributed by atoms with Crippen LogP contribution in [0.25, 0.3) is 21.9 Å². The van der Waals surface area contributed by atoms with E-state index in [1.54, 1.807) is 0 Å². The maximum Gasteiger partial charge on any atom is 0.253 e. The maximum atomic E-state index is 13.2. The highest BCUT2D eigenvalue weighted by atomic mass is 16.2. The standard InChI is InChI=1S/C32H34N2O/c1-24-9-12-26(13-10-24)27-14-16-28(17-15-27)32(35)33(2)23-30-8-6-7-29-21-25(11-18-31(29)30)22-34-19-4-3-5-20-34/h6-18,21H,3-5,19-20,22-23H2,1-2H3. The van der Waals surface area contributed by atoms with Crippen molar-refractivity contribution in [1.82, 2.24) is 9.80 Å². The third-order valence-corrected chi connectivity index (χ3v) is 7.16. The van der Waals surface area contributed by atoms with Gasteiger partial charge < -0.3 is 4.90 Å². The second-order valence-corrected chi connectivity index (χ2v) is 9.91. The van der Waals surface area contributed by atoms with Crippen molar-refractivity contribution in [2.24, 2.45) is 0 Å². The molecule has 0 radical (unpaired) electrons. The van der Waals surface area contributed by atoms with Crippen LogP contribution in [0.4, 0.5) is 0 Å². The highest BCUT2D eigenvalue weighted by molar-refractivity contribution is 5.95. The van der Waals surface area contributed by atoms with E-state index < -0.39 is 0 Å². The van der Waals surface area contributed by atoms with Crippen LogP contribution in [0.1, 0.15) is 46.3 Å². The lowest BCUT2D eigenvalue weighted by Gasteiger charge is -2.26. The van der Waals surface area contributed by atoms with E-state index >= 15 is 0 Å². The van der Waals surface area contributed by atoms with Gasteiger partial charge in [0, 0.05) is 25.7 Å². The molecule has 4 aromatic rings. The third kappa shape index (κ3) is 5.47. The molecular formula is C32H34N2O. The lowest BCUT2D eigenvalue weighted by molar-refractivity contribution is 0.0785. The summed E-state index contributed by atoms with van der Waals surface area (Å²) < 4.78 is 0. The van der Waals surface area contributed by atoms with E-state index in [1.165, 1.54) is 65.4 Å². The summed E-state index contributed by atoms with van der Waals surface area (Å²) in [4.78, 5) is 17.6. The largest absolute Gasteiger partial charge is 0.337 e. The van der Waals surface area contributed by atoms with E-state index in [0.29, 0.717) is 12.1 Å². The van der Waals surface area contributed by atoms with Crippen LogP contribution in [0, 0.1) is 6.92 Å². The normalized spacial score (nSPS) is 14.2. The Labute approximate surface area is 209 Å². The summed E-state index contributed by atoms with van der Waals surface area (Å²) in [5.41, 5.74) is 6.80. The lowest BCUT2D eigenvalue weighted by atomic mass is 10.0. The van der Waals surface area contributed by atoms with E-state index in [-0.39, 0.29) is 5.91 Å². The van der Waals surface area contributed by atoms with Crippen LogP contribution < -0.4 is 0 Å². The zero-order valence-corrected chi connectivity index (χ0v) is 20.8. The first-order valence-corrected chi connectivity index (χ1v) is 12.7. The molecule has 1 fully saturated rings. The quantitative estimate of drug-likeness (QED) is 0.306.